The van der Waals surface area contributed by atoms with Gasteiger partial charge in [-0.3, -0.25) is 4.79 Å². The zero-order chi connectivity index (χ0) is 14.5. The maximum Gasteiger partial charge on any atom is 0.234 e. The first-order chi connectivity index (χ1) is 9.54. The Kier molecular flexibility index (Phi) is 5.03. The second-order valence-electron chi connectivity index (χ2n) is 4.03. The summed E-state index contributed by atoms with van der Waals surface area (Å²) in [4.78, 5) is 12.5. The monoisotopic (exact) mass is 354 g/mol. The molecule has 0 atom stereocenters. The third-order valence-electron chi connectivity index (χ3n) is 2.44. The molecule has 3 nitrogen and oxygen atoms in total. The summed E-state index contributed by atoms with van der Waals surface area (Å²) < 4.78 is 13.8. The van der Waals surface area contributed by atoms with Crippen LogP contribution in [0, 0.1) is 5.82 Å². The molecule has 2 aromatic carbocycles. The van der Waals surface area contributed by atoms with Gasteiger partial charge < -0.3 is 11.1 Å². The fraction of sp³-hybridized carbons (Fsp3) is 0.0714. The third-order valence-corrected chi connectivity index (χ3v) is 4.02. The number of amides is 1. The molecule has 104 valence electrons. The van der Waals surface area contributed by atoms with Crippen molar-refractivity contribution >= 4 is 45.0 Å². The summed E-state index contributed by atoms with van der Waals surface area (Å²) in [5.74, 6) is -0.315. The Balaban J connectivity index is 1.92. The Morgan fingerprint density at radius 3 is 2.80 bits per heavy atom. The van der Waals surface area contributed by atoms with Crippen LogP contribution >= 0.6 is 27.7 Å². The smallest absolute Gasteiger partial charge is 0.234 e. The number of nitrogens with two attached hydrogens (primary N) is 1. The predicted molar refractivity (Wildman–Crippen MR) is 84.3 cm³/mol. The molecule has 0 aromatic heterocycles. The minimum absolute atomic E-state index is 0.142. The second-order valence-corrected chi connectivity index (χ2v) is 5.96. The van der Waals surface area contributed by atoms with Crippen LogP contribution in [0.3, 0.4) is 0 Å². The lowest BCUT2D eigenvalue weighted by Gasteiger charge is -2.07. The fourth-order valence-corrected chi connectivity index (χ4v) is 2.71. The number of nitrogen functional groups attached to an aromatic ring is 1. The van der Waals surface area contributed by atoms with Gasteiger partial charge in [-0.15, -0.1) is 11.8 Å². The van der Waals surface area contributed by atoms with Gasteiger partial charge in [-0.2, -0.15) is 0 Å². The van der Waals surface area contributed by atoms with E-state index >= 15 is 0 Å². The van der Waals surface area contributed by atoms with E-state index in [4.69, 9.17) is 5.73 Å². The summed E-state index contributed by atoms with van der Waals surface area (Å²) >= 11 is 4.61. The molecule has 2 aromatic rings. The normalized spacial score (nSPS) is 10.3. The van der Waals surface area contributed by atoms with Gasteiger partial charge in [0.25, 0.3) is 0 Å². The Morgan fingerprint density at radius 1 is 1.30 bits per heavy atom. The van der Waals surface area contributed by atoms with E-state index in [1.54, 1.807) is 12.1 Å². The van der Waals surface area contributed by atoms with Crippen LogP contribution in [-0.4, -0.2) is 11.7 Å². The lowest BCUT2D eigenvalue weighted by molar-refractivity contribution is -0.113. The van der Waals surface area contributed by atoms with Gasteiger partial charge >= 0.3 is 0 Å². The summed E-state index contributed by atoms with van der Waals surface area (Å²) in [5.41, 5.74) is 6.74. The Bertz CT molecular complexity index is 636. The molecule has 0 bridgehead atoms. The topological polar surface area (TPSA) is 55.1 Å². The molecular formula is C14H12BrFN2OS. The average Bonchev–Trinajstić information content (AvgIpc) is 2.37. The lowest BCUT2D eigenvalue weighted by atomic mass is 10.3. The van der Waals surface area contributed by atoms with Crippen molar-refractivity contribution in [2.24, 2.45) is 0 Å². The Morgan fingerprint density at radius 2 is 2.10 bits per heavy atom. The number of carbonyl (C=O) groups is 1. The van der Waals surface area contributed by atoms with Gasteiger partial charge in [0.05, 0.1) is 5.75 Å². The van der Waals surface area contributed by atoms with Gasteiger partial charge in [-0.05, 0) is 36.4 Å². The van der Waals surface area contributed by atoms with E-state index in [9.17, 15) is 9.18 Å². The third kappa shape index (κ3) is 4.25. The van der Waals surface area contributed by atoms with E-state index in [1.165, 1.54) is 23.9 Å². The highest BCUT2D eigenvalue weighted by Crippen LogP contribution is 2.25. The minimum Gasteiger partial charge on any atom is -0.398 e. The Labute approximate surface area is 128 Å². The van der Waals surface area contributed by atoms with Crippen molar-refractivity contribution in [2.75, 3.05) is 16.8 Å². The molecule has 1 amide bonds. The number of nitrogens with one attached hydrogen (secondary N) is 1. The molecule has 0 saturated carbocycles. The minimum atomic E-state index is -0.384. The molecule has 2 rings (SSSR count). The molecule has 20 heavy (non-hydrogen) atoms. The molecule has 6 heteroatoms. The molecule has 0 aliphatic heterocycles. The van der Waals surface area contributed by atoms with Crippen LogP contribution in [0.5, 0.6) is 0 Å². The number of benzene rings is 2. The number of anilines is 2. The molecule has 0 aliphatic carbocycles. The standard InChI is InChI=1S/C14H12BrFN2OS/c15-9-2-1-3-11(6-9)18-14(19)8-20-13-5-4-10(16)7-12(13)17/h1-7H,8,17H2,(H,18,19). The van der Waals surface area contributed by atoms with Gasteiger partial charge in [0.1, 0.15) is 5.82 Å². The number of hydrogen-bond acceptors (Lipinski definition) is 3. The van der Waals surface area contributed by atoms with Crippen molar-refractivity contribution in [2.45, 2.75) is 4.90 Å². The van der Waals surface area contributed by atoms with Crippen molar-refractivity contribution in [1.82, 2.24) is 0 Å². The van der Waals surface area contributed by atoms with Crippen molar-refractivity contribution < 1.29 is 9.18 Å². The van der Waals surface area contributed by atoms with E-state index < -0.39 is 0 Å². The number of halogens is 2. The van der Waals surface area contributed by atoms with Gasteiger partial charge in [0.2, 0.25) is 5.91 Å². The van der Waals surface area contributed by atoms with E-state index in [0.29, 0.717) is 10.6 Å². The number of carbonyl (C=O) groups excluding carboxylic acids is 1. The number of rotatable bonds is 4. The highest BCUT2D eigenvalue weighted by atomic mass is 79.9. The van der Waals surface area contributed by atoms with Crippen LogP contribution < -0.4 is 11.1 Å². The predicted octanol–water partition coefficient (Wildman–Crippen LogP) is 3.90. The molecular weight excluding hydrogens is 343 g/mol. The quantitative estimate of drug-likeness (QED) is 0.646. The largest absolute Gasteiger partial charge is 0.398 e. The fourth-order valence-electron chi connectivity index (χ4n) is 1.56. The van der Waals surface area contributed by atoms with Crippen LogP contribution in [-0.2, 0) is 4.79 Å². The molecule has 0 unspecified atom stereocenters. The highest BCUT2D eigenvalue weighted by Gasteiger charge is 2.07. The average molecular weight is 355 g/mol. The van der Waals surface area contributed by atoms with E-state index in [2.05, 4.69) is 21.2 Å². The SMILES string of the molecule is Nc1cc(F)ccc1SCC(=O)Nc1cccc(Br)c1. The van der Waals surface area contributed by atoms with E-state index in [-0.39, 0.29) is 17.5 Å². The van der Waals surface area contributed by atoms with Crippen LogP contribution in [0.25, 0.3) is 0 Å². The van der Waals surface area contributed by atoms with Crippen LogP contribution in [0.1, 0.15) is 0 Å². The summed E-state index contributed by atoms with van der Waals surface area (Å²) in [6, 6.07) is 11.5. The lowest BCUT2D eigenvalue weighted by Crippen LogP contribution is -2.14. The van der Waals surface area contributed by atoms with Crippen molar-refractivity contribution in [3.05, 3.63) is 52.8 Å². The molecule has 0 fully saturated rings. The van der Waals surface area contributed by atoms with E-state index in [1.807, 2.05) is 18.2 Å². The van der Waals surface area contributed by atoms with Crippen LogP contribution in [0.15, 0.2) is 51.8 Å². The first-order valence-electron chi connectivity index (χ1n) is 5.78. The second kappa shape index (κ2) is 6.76. The van der Waals surface area contributed by atoms with Crippen LogP contribution in [0.2, 0.25) is 0 Å². The number of thioether (sulfide) groups is 1. The molecule has 0 aliphatic rings. The first kappa shape index (κ1) is 14.9. The zero-order valence-corrected chi connectivity index (χ0v) is 12.8. The molecule has 0 radical (unpaired) electrons. The van der Waals surface area contributed by atoms with Gasteiger partial charge in [0.15, 0.2) is 0 Å². The zero-order valence-electron chi connectivity index (χ0n) is 10.4. The summed E-state index contributed by atoms with van der Waals surface area (Å²) in [6.45, 7) is 0. The highest BCUT2D eigenvalue weighted by molar-refractivity contribution is 9.10. The van der Waals surface area contributed by atoms with Gasteiger partial charge in [-0.1, -0.05) is 22.0 Å². The summed E-state index contributed by atoms with van der Waals surface area (Å²) in [7, 11) is 0. The van der Waals surface area contributed by atoms with Crippen LogP contribution in [0.4, 0.5) is 15.8 Å². The summed E-state index contributed by atoms with van der Waals surface area (Å²) in [6.07, 6.45) is 0. The molecule has 0 spiro atoms. The Hall–Kier alpha value is -1.53. The van der Waals surface area contributed by atoms with Crippen molar-refractivity contribution in [3.8, 4) is 0 Å². The first-order valence-corrected chi connectivity index (χ1v) is 7.56. The van der Waals surface area contributed by atoms with Gasteiger partial charge in [-0.25, -0.2) is 4.39 Å². The summed E-state index contributed by atoms with van der Waals surface area (Å²) in [5, 5.41) is 2.78. The van der Waals surface area contributed by atoms with Gasteiger partial charge in [0, 0.05) is 20.7 Å². The number of hydrogen-bond donors (Lipinski definition) is 2. The maximum absolute atomic E-state index is 12.9. The molecule has 0 heterocycles. The van der Waals surface area contributed by atoms with Crippen molar-refractivity contribution in [3.63, 3.8) is 0 Å². The molecule has 3 N–H and O–H groups in total. The molecule has 0 saturated heterocycles. The van der Waals surface area contributed by atoms with E-state index in [0.717, 1.165) is 10.2 Å². The van der Waals surface area contributed by atoms with Crippen molar-refractivity contribution in [1.29, 1.82) is 0 Å². The maximum atomic E-state index is 12.9.